The predicted molar refractivity (Wildman–Crippen MR) is 124 cm³/mol. The highest BCUT2D eigenvalue weighted by molar-refractivity contribution is 6.10. The van der Waals surface area contributed by atoms with Crippen molar-refractivity contribution in [3.63, 3.8) is 0 Å². The number of carbonyl (C=O) groups is 2. The second-order valence-electron chi connectivity index (χ2n) is 7.56. The standard InChI is InChI=1S/C25H27N3O5/c1-17-5-4-6-21(18(17)2)27-25(30)20(15-26)13-19-7-8-22(23(14-19)31-3)33-16-24(29)28-9-11-32-12-10-28/h4-8,13-14H,9-12,16H2,1-3H3,(H,27,30). The van der Waals surface area contributed by atoms with Crippen LogP contribution in [0.4, 0.5) is 5.69 Å². The lowest BCUT2D eigenvalue weighted by atomic mass is 10.1. The monoisotopic (exact) mass is 449 g/mol. The Balaban J connectivity index is 1.71. The first-order valence-electron chi connectivity index (χ1n) is 10.6. The van der Waals surface area contributed by atoms with Gasteiger partial charge in [-0.25, -0.2) is 0 Å². The van der Waals surface area contributed by atoms with Crippen LogP contribution in [0.15, 0.2) is 42.0 Å². The number of hydrogen-bond donors (Lipinski definition) is 1. The van der Waals surface area contributed by atoms with E-state index in [1.165, 1.54) is 13.2 Å². The fourth-order valence-electron chi connectivity index (χ4n) is 3.33. The Kier molecular flexibility index (Phi) is 8.06. The van der Waals surface area contributed by atoms with Crippen molar-refractivity contribution in [3.05, 3.63) is 58.7 Å². The maximum Gasteiger partial charge on any atom is 0.266 e. The second-order valence-corrected chi connectivity index (χ2v) is 7.56. The third-order valence-corrected chi connectivity index (χ3v) is 5.43. The lowest BCUT2D eigenvalue weighted by molar-refractivity contribution is -0.137. The van der Waals surface area contributed by atoms with Gasteiger partial charge in [0.15, 0.2) is 18.1 Å². The molecule has 0 bridgehead atoms. The normalized spacial score (nSPS) is 13.8. The molecular weight excluding hydrogens is 422 g/mol. The van der Waals surface area contributed by atoms with Crippen LogP contribution in [0.5, 0.6) is 11.5 Å². The number of anilines is 1. The van der Waals surface area contributed by atoms with Crippen molar-refractivity contribution in [2.75, 3.05) is 45.3 Å². The van der Waals surface area contributed by atoms with Crippen LogP contribution in [-0.4, -0.2) is 56.7 Å². The van der Waals surface area contributed by atoms with Crippen molar-refractivity contribution >= 4 is 23.6 Å². The number of nitriles is 1. The molecule has 0 spiro atoms. The Labute approximate surface area is 193 Å². The van der Waals surface area contributed by atoms with Crippen molar-refractivity contribution in [3.8, 4) is 17.6 Å². The maximum absolute atomic E-state index is 12.7. The Morgan fingerprint density at radius 1 is 1.18 bits per heavy atom. The van der Waals surface area contributed by atoms with Crippen molar-refractivity contribution in [2.24, 2.45) is 0 Å². The number of hydrogen-bond acceptors (Lipinski definition) is 6. The Morgan fingerprint density at radius 3 is 2.64 bits per heavy atom. The number of morpholine rings is 1. The van der Waals surface area contributed by atoms with Crippen LogP contribution >= 0.6 is 0 Å². The fourth-order valence-corrected chi connectivity index (χ4v) is 3.33. The minimum atomic E-state index is -0.499. The van der Waals surface area contributed by atoms with E-state index in [1.807, 2.05) is 32.0 Å². The summed E-state index contributed by atoms with van der Waals surface area (Å²) in [6.07, 6.45) is 1.48. The number of nitrogens with one attached hydrogen (secondary N) is 1. The predicted octanol–water partition coefficient (Wildman–Crippen LogP) is 3.10. The van der Waals surface area contributed by atoms with Gasteiger partial charge in [-0.05, 0) is 54.8 Å². The summed E-state index contributed by atoms with van der Waals surface area (Å²) in [6, 6.07) is 12.5. The molecule has 0 aliphatic carbocycles. The quantitative estimate of drug-likeness (QED) is 0.515. The van der Waals surface area contributed by atoms with Crippen LogP contribution in [0.2, 0.25) is 0 Å². The molecule has 3 rings (SSSR count). The molecule has 8 nitrogen and oxygen atoms in total. The number of rotatable bonds is 7. The summed E-state index contributed by atoms with van der Waals surface area (Å²) in [5, 5.41) is 12.3. The average molecular weight is 450 g/mol. The molecule has 0 atom stereocenters. The third-order valence-electron chi connectivity index (χ3n) is 5.43. The zero-order valence-electron chi connectivity index (χ0n) is 19.0. The molecular formula is C25H27N3O5. The number of benzene rings is 2. The van der Waals surface area contributed by atoms with E-state index in [2.05, 4.69) is 5.32 Å². The Bertz CT molecular complexity index is 1100. The molecule has 1 aliphatic heterocycles. The number of amides is 2. The van der Waals surface area contributed by atoms with Gasteiger partial charge in [0.2, 0.25) is 0 Å². The van der Waals surface area contributed by atoms with Crippen LogP contribution in [0.25, 0.3) is 6.08 Å². The van der Waals surface area contributed by atoms with E-state index >= 15 is 0 Å². The largest absolute Gasteiger partial charge is 0.493 e. The van der Waals surface area contributed by atoms with Crippen molar-refractivity contribution in [2.45, 2.75) is 13.8 Å². The number of ether oxygens (including phenoxy) is 3. The summed E-state index contributed by atoms with van der Waals surface area (Å²) in [5.74, 6) is 0.168. The first-order chi connectivity index (χ1) is 15.9. The van der Waals surface area contributed by atoms with Gasteiger partial charge in [0.05, 0.1) is 20.3 Å². The van der Waals surface area contributed by atoms with Gasteiger partial charge in [0.25, 0.3) is 11.8 Å². The van der Waals surface area contributed by atoms with E-state index < -0.39 is 5.91 Å². The molecule has 0 unspecified atom stereocenters. The zero-order valence-corrected chi connectivity index (χ0v) is 19.0. The zero-order chi connectivity index (χ0) is 23.8. The molecule has 2 aromatic rings. The molecule has 0 saturated carbocycles. The summed E-state index contributed by atoms with van der Waals surface area (Å²) in [7, 11) is 1.48. The van der Waals surface area contributed by atoms with E-state index in [0.29, 0.717) is 49.1 Å². The van der Waals surface area contributed by atoms with Gasteiger partial charge in [0.1, 0.15) is 11.6 Å². The van der Waals surface area contributed by atoms with Crippen LogP contribution in [0, 0.1) is 25.2 Å². The average Bonchev–Trinajstić information content (AvgIpc) is 2.84. The molecule has 1 heterocycles. The molecule has 2 amide bonds. The first kappa shape index (κ1) is 23.8. The summed E-state index contributed by atoms with van der Waals surface area (Å²) in [6.45, 7) is 5.88. The Morgan fingerprint density at radius 2 is 1.94 bits per heavy atom. The highest BCUT2D eigenvalue weighted by atomic mass is 16.5. The molecule has 1 N–H and O–H groups in total. The van der Waals surface area contributed by atoms with Gasteiger partial charge in [-0.3, -0.25) is 9.59 Å². The summed E-state index contributed by atoms with van der Waals surface area (Å²) < 4.78 is 16.3. The number of methoxy groups -OCH3 is 1. The van der Waals surface area contributed by atoms with Crippen LogP contribution < -0.4 is 14.8 Å². The fraction of sp³-hybridized carbons (Fsp3) is 0.320. The smallest absolute Gasteiger partial charge is 0.266 e. The minimum Gasteiger partial charge on any atom is -0.493 e. The molecule has 2 aromatic carbocycles. The Hall–Kier alpha value is -3.83. The number of nitrogens with zero attached hydrogens (tertiary/aromatic N) is 2. The van der Waals surface area contributed by atoms with E-state index in [0.717, 1.165) is 11.1 Å². The molecule has 1 aliphatic rings. The lowest BCUT2D eigenvalue weighted by Gasteiger charge is -2.26. The molecule has 1 saturated heterocycles. The van der Waals surface area contributed by atoms with E-state index in [4.69, 9.17) is 14.2 Å². The van der Waals surface area contributed by atoms with Crippen LogP contribution in [0.1, 0.15) is 16.7 Å². The molecule has 33 heavy (non-hydrogen) atoms. The highest BCUT2D eigenvalue weighted by Gasteiger charge is 2.18. The highest BCUT2D eigenvalue weighted by Crippen LogP contribution is 2.29. The van der Waals surface area contributed by atoms with Gasteiger partial charge in [-0.2, -0.15) is 5.26 Å². The molecule has 172 valence electrons. The summed E-state index contributed by atoms with van der Waals surface area (Å²) in [4.78, 5) is 26.7. The van der Waals surface area contributed by atoms with E-state index in [-0.39, 0.29) is 18.1 Å². The van der Waals surface area contributed by atoms with E-state index in [9.17, 15) is 14.9 Å². The summed E-state index contributed by atoms with van der Waals surface area (Å²) >= 11 is 0. The van der Waals surface area contributed by atoms with Crippen LogP contribution in [-0.2, 0) is 14.3 Å². The van der Waals surface area contributed by atoms with Crippen molar-refractivity contribution in [1.82, 2.24) is 4.90 Å². The molecule has 8 heteroatoms. The van der Waals surface area contributed by atoms with Gasteiger partial charge >= 0.3 is 0 Å². The molecule has 0 aromatic heterocycles. The van der Waals surface area contributed by atoms with Gasteiger partial charge < -0.3 is 24.4 Å². The number of carbonyl (C=O) groups excluding carboxylic acids is 2. The maximum atomic E-state index is 12.7. The van der Waals surface area contributed by atoms with Crippen molar-refractivity contribution in [1.29, 1.82) is 5.26 Å². The van der Waals surface area contributed by atoms with Gasteiger partial charge in [-0.1, -0.05) is 18.2 Å². The van der Waals surface area contributed by atoms with Crippen molar-refractivity contribution < 1.29 is 23.8 Å². The summed E-state index contributed by atoms with van der Waals surface area (Å²) in [5.41, 5.74) is 3.19. The second kappa shape index (κ2) is 11.2. The number of aryl methyl sites for hydroxylation is 1. The molecule has 0 radical (unpaired) electrons. The van der Waals surface area contributed by atoms with Gasteiger partial charge in [-0.15, -0.1) is 0 Å². The topological polar surface area (TPSA) is 101 Å². The van der Waals surface area contributed by atoms with E-state index in [1.54, 1.807) is 29.2 Å². The van der Waals surface area contributed by atoms with Gasteiger partial charge in [0, 0.05) is 18.8 Å². The third kappa shape index (κ3) is 6.11. The minimum absolute atomic E-state index is 0.0471. The molecule has 1 fully saturated rings. The lowest BCUT2D eigenvalue weighted by Crippen LogP contribution is -2.43. The van der Waals surface area contributed by atoms with Crippen LogP contribution in [0.3, 0.4) is 0 Å². The SMILES string of the molecule is COc1cc(C=C(C#N)C(=O)Nc2cccc(C)c2C)ccc1OCC(=O)N1CCOCC1. The first-order valence-corrected chi connectivity index (χ1v) is 10.6.